The molecule has 2 N–H and O–H groups in total. The van der Waals surface area contributed by atoms with Crippen molar-refractivity contribution in [3.63, 3.8) is 0 Å². The van der Waals surface area contributed by atoms with Gasteiger partial charge in [-0.3, -0.25) is 4.90 Å². The second kappa shape index (κ2) is 16.9. The second-order valence-corrected chi connectivity index (χ2v) is 7.54. The maximum Gasteiger partial charge on any atom is 0.191 e. The van der Waals surface area contributed by atoms with Crippen LogP contribution in [0.5, 0.6) is 0 Å². The predicted molar refractivity (Wildman–Crippen MR) is 134 cm³/mol. The van der Waals surface area contributed by atoms with Gasteiger partial charge in [-0.2, -0.15) is 0 Å². The molecule has 6 heteroatoms. The van der Waals surface area contributed by atoms with Crippen LogP contribution in [-0.2, 0) is 17.8 Å². The minimum absolute atomic E-state index is 0. The van der Waals surface area contributed by atoms with Crippen LogP contribution in [0.4, 0.5) is 0 Å². The highest BCUT2D eigenvalue weighted by Gasteiger charge is 2.09. The van der Waals surface area contributed by atoms with Gasteiger partial charge in [0, 0.05) is 32.8 Å². The van der Waals surface area contributed by atoms with E-state index in [0.29, 0.717) is 6.54 Å². The molecule has 0 bridgehead atoms. The van der Waals surface area contributed by atoms with E-state index in [4.69, 9.17) is 9.73 Å². The number of nitrogens with one attached hydrogen (secondary N) is 2. The molecule has 0 spiro atoms. The van der Waals surface area contributed by atoms with Crippen LogP contribution in [-0.4, -0.2) is 50.3 Å². The Morgan fingerprint density at radius 2 is 1.79 bits per heavy atom. The van der Waals surface area contributed by atoms with Crippen LogP contribution in [0.15, 0.2) is 29.3 Å². The predicted octanol–water partition coefficient (Wildman–Crippen LogP) is 4.55. The van der Waals surface area contributed by atoms with Gasteiger partial charge in [0.25, 0.3) is 0 Å². The molecule has 0 amide bonds. The quantitative estimate of drug-likeness (QED) is 0.196. The van der Waals surface area contributed by atoms with Crippen molar-refractivity contribution in [1.29, 1.82) is 0 Å². The molecule has 0 radical (unpaired) electrons. The van der Waals surface area contributed by atoms with E-state index in [1.165, 1.54) is 49.9 Å². The van der Waals surface area contributed by atoms with Crippen LogP contribution in [0.3, 0.4) is 0 Å². The molecular weight excluding hydrogens is 475 g/mol. The lowest BCUT2D eigenvalue weighted by Crippen LogP contribution is -2.37. The van der Waals surface area contributed by atoms with E-state index in [1.54, 1.807) is 0 Å². The van der Waals surface area contributed by atoms with Gasteiger partial charge in [-0.1, -0.05) is 37.1 Å². The normalized spacial score (nSPS) is 15.4. The lowest BCUT2D eigenvalue weighted by molar-refractivity contribution is 0.143. The van der Waals surface area contributed by atoms with Crippen molar-refractivity contribution in [3.05, 3.63) is 35.4 Å². The standard InChI is InChI=1S/C23H40N4O.HI/c1-3-24-23(25-14-7-10-17-28-4-2)26-19-21-12-11-13-22(18-21)20-27-15-8-5-6-9-16-27;/h11-13,18H,3-10,14-17,19-20H2,1-2H3,(H2,24,25,26);1H. The minimum atomic E-state index is 0. The second-order valence-electron chi connectivity index (χ2n) is 7.54. The Hall–Kier alpha value is -0.860. The zero-order chi connectivity index (χ0) is 19.9. The zero-order valence-electron chi connectivity index (χ0n) is 18.4. The third kappa shape index (κ3) is 11.8. The average Bonchev–Trinajstić information content (AvgIpc) is 2.97. The van der Waals surface area contributed by atoms with Gasteiger partial charge < -0.3 is 15.4 Å². The highest BCUT2D eigenvalue weighted by Crippen LogP contribution is 2.14. The molecule has 2 rings (SSSR count). The molecule has 1 aliphatic heterocycles. The summed E-state index contributed by atoms with van der Waals surface area (Å²) in [5, 5.41) is 6.77. The van der Waals surface area contributed by atoms with Crippen molar-refractivity contribution in [2.75, 3.05) is 39.4 Å². The zero-order valence-corrected chi connectivity index (χ0v) is 20.8. The van der Waals surface area contributed by atoms with Crippen LogP contribution in [0.25, 0.3) is 0 Å². The fraction of sp³-hybridized carbons (Fsp3) is 0.696. The summed E-state index contributed by atoms with van der Waals surface area (Å²) in [5.74, 6) is 0.900. The molecule has 1 aromatic rings. The first-order valence-electron chi connectivity index (χ1n) is 11.2. The number of benzene rings is 1. The molecule has 0 saturated carbocycles. The molecule has 5 nitrogen and oxygen atoms in total. The lowest BCUT2D eigenvalue weighted by Gasteiger charge is -2.20. The Labute approximate surface area is 195 Å². The fourth-order valence-electron chi connectivity index (χ4n) is 3.57. The summed E-state index contributed by atoms with van der Waals surface area (Å²) in [7, 11) is 0. The van der Waals surface area contributed by atoms with Crippen LogP contribution in [0, 0.1) is 0 Å². The van der Waals surface area contributed by atoms with Crippen LogP contribution in [0.1, 0.15) is 63.5 Å². The number of rotatable bonds is 11. The molecule has 1 heterocycles. The number of aliphatic imine (C=N–C) groups is 1. The Morgan fingerprint density at radius 3 is 2.52 bits per heavy atom. The highest BCUT2D eigenvalue weighted by molar-refractivity contribution is 14.0. The van der Waals surface area contributed by atoms with Crippen LogP contribution < -0.4 is 10.6 Å². The van der Waals surface area contributed by atoms with Gasteiger partial charge in [0.2, 0.25) is 0 Å². The first-order chi connectivity index (χ1) is 13.8. The molecule has 0 aromatic heterocycles. The maximum absolute atomic E-state index is 5.39. The molecule has 29 heavy (non-hydrogen) atoms. The first kappa shape index (κ1) is 26.2. The Balaban J connectivity index is 0.00000420. The van der Waals surface area contributed by atoms with Crippen LogP contribution >= 0.6 is 24.0 Å². The molecule has 1 saturated heterocycles. The van der Waals surface area contributed by atoms with Crippen molar-refractivity contribution in [3.8, 4) is 0 Å². The molecule has 166 valence electrons. The Bertz CT molecular complexity index is 560. The smallest absolute Gasteiger partial charge is 0.191 e. The van der Waals surface area contributed by atoms with Crippen molar-refractivity contribution in [2.24, 2.45) is 4.99 Å². The number of guanidine groups is 1. The van der Waals surface area contributed by atoms with E-state index >= 15 is 0 Å². The number of likely N-dealkylation sites (tertiary alicyclic amines) is 1. The summed E-state index contributed by atoms with van der Waals surface area (Å²) in [5.41, 5.74) is 2.68. The van der Waals surface area contributed by atoms with Gasteiger partial charge >= 0.3 is 0 Å². The van der Waals surface area contributed by atoms with Gasteiger partial charge in [-0.25, -0.2) is 4.99 Å². The van der Waals surface area contributed by atoms with Crippen molar-refractivity contribution in [2.45, 2.75) is 65.5 Å². The number of nitrogens with zero attached hydrogens (tertiary/aromatic N) is 2. The maximum atomic E-state index is 5.39. The number of hydrogen-bond donors (Lipinski definition) is 2. The van der Waals surface area contributed by atoms with E-state index in [9.17, 15) is 0 Å². The Kier molecular flexibility index (Phi) is 15.2. The molecule has 1 fully saturated rings. The summed E-state index contributed by atoms with van der Waals surface area (Å²) in [4.78, 5) is 7.37. The third-order valence-corrected chi connectivity index (χ3v) is 5.07. The van der Waals surface area contributed by atoms with Crippen LogP contribution in [0.2, 0.25) is 0 Å². The largest absolute Gasteiger partial charge is 0.382 e. The molecular formula is C23H41IN4O. The molecule has 1 aromatic carbocycles. The summed E-state index contributed by atoms with van der Waals surface area (Å²) >= 11 is 0. The van der Waals surface area contributed by atoms with Crippen molar-refractivity contribution in [1.82, 2.24) is 15.5 Å². The van der Waals surface area contributed by atoms with E-state index in [-0.39, 0.29) is 24.0 Å². The molecule has 0 aliphatic carbocycles. The lowest BCUT2D eigenvalue weighted by atomic mass is 10.1. The van der Waals surface area contributed by atoms with E-state index in [1.807, 2.05) is 6.92 Å². The molecule has 0 unspecified atom stereocenters. The van der Waals surface area contributed by atoms with Crippen molar-refractivity contribution < 1.29 is 4.74 Å². The highest BCUT2D eigenvalue weighted by atomic mass is 127. The number of unbranched alkanes of at least 4 members (excludes halogenated alkanes) is 1. The fourth-order valence-corrected chi connectivity index (χ4v) is 3.57. The average molecular weight is 517 g/mol. The summed E-state index contributed by atoms with van der Waals surface area (Å²) < 4.78 is 5.39. The van der Waals surface area contributed by atoms with Gasteiger partial charge in [-0.15, -0.1) is 24.0 Å². The van der Waals surface area contributed by atoms with Gasteiger partial charge in [0.15, 0.2) is 5.96 Å². The molecule has 1 aliphatic rings. The van der Waals surface area contributed by atoms with E-state index < -0.39 is 0 Å². The van der Waals surface area contributed by atoms with Crippen molar-refractivity contribution >= 4 is 29.9 Å². The molecule has 0 atom stereocenters. The number of ether oxygens (including phenoxy) is 1. The summed E-state index contributed by atoms with van der Waals surface area (Å²) in [6.45, 7) is 11.8. The van der Waals surface area contributed by atoms with E-state index in [2.05, 4.69) is 46.7 Å². The summed E-state index contributed by atoms with van der Waals surface area (Å²) in [6.07, 6.45) is 7.63. The third-order valence-electron chi connectivity index (χ3n) is 5.07. The van der Waals surface area contributed by atoms with Gasteiger partial charge in [0.1, 0.15) is 0 Å². The van der Waals surface area contributed by atoms with E-state index in [0.717, 1.165) is 51.6 Å². The Morgan fingerprint density at radius 1 is 1.03 bits per heavy atom. The minimum Gasteiger partial charge on any atom is -0.382 e. The SMILES string of the molecule is CCNC(=NCc1cccc(CN2CCCCCC2)c1)NCCCCOCC.I. The summed E-state index contributed by atoms with van der Waals surface area (Å²) in [6, 6.07) is 8.92. The topological polar surface area (TPSA) is 48.9 Å². The number of hydrogen-bond acceptors (Lipinski definition) is 3. The monoisotopic (exact) mass is 516 g/mol. The van der Waals surface area contributed by atoms with Gasteiger partial charge in [0.05, 0.1) is 6.54 Å². The number of halogens is 1. The van der Waals surface area contributed by atoms with Gasteiger partial charge in [-0.05, 0) is 63.7 Å². The first-order valence-corrected chi connectivity index (χ1v) is 11.2.